The third-order valence-electron chi connectivity index (χ3n) is 4.25. The minimum atomic E-state index is -0.260. The van der Waals surface area contributed by atoms with Crippen LogP contribution in [-0.2, 0) is 13.5 Å². The Morgan fingerprint density at radius 3 is 2.50 bits per heavy atom. The van der Waals surface area contributed by atoms with Gasteiger partial charge < -0.3 is 4.57 Å². The second kappa shape index (κ2) is 8.06. The molecule has 0 bridgehead atoms. The number of rotatable bonds is 6. The molecule has 3 aromatic rings. The normalized spacial score (nSPS) is 12.2. The van der Waals surface area contributed by atoms with Crippen molar-refractivity contribution in [2.24, 2.45) is 7.05 Å². The van der Waals surface area contributed by atoms with Crippen LogP contribution < -0.4 is 0 Å². The van der Waals surface area contributed by atoms with Gasteiger partial charge in [0.15, 0.2) is 16.8 Å². The molecule has 1 heterocycles. The summed E-state index contributed by atoms with van der Waals surface area (Å²) in [5, 5.41) is 9.54. The summed E-state index contributed by atoms with van der Waals surface area (Å²) in [5.74, 6) is 0.769. The maximum atomic E-state index is 12.7. The average molecular weight is 386 g/mol. The highest BCUT2D eigenvalue weighted by Crippen LogP contribution is 2.30. The molecule has 3 rings (SSSR count). The zero-order valence-electron chi connectivity index (χ0n) is 14.9. The van der Waals surface area contributed by atoms with Gasteiger partial charge in [0.2, 0.25) is 0 Å². The van der Waals surface area contributed by atoms with Crippen LogP contribution in [0.3, 0.4) is 0 Å². The fourth-order valence-corrected chi connectivity index (χ4v) is 3.76. The van der Waals surface area contributed by atoms with E-state index in [1.54, 1.807) is 0 Å². The second-order valence-corrected chi connectivity index (χ2v) is 7.74. The van der Waals surface area contributed by atoms with Crippen LogP contribution in [0, 0.1) is 0 Å². The summed E-state index contributed by atoms with van der Waals surface area (Å²) in [7, 11) is 1.88. The molecule has 0 saturated carbocycles. The Bertz CT molecular complexity index is 921. The number of Topliss-reactive ketones (excluding diaryl/α,β-unsaturated/α-hetero) is 1. The average Bonchev–Trinajstić information content (AvgIpc) is 3.02. The number of hydrogen-bond acceptors (Lipinski definition) is 4. The van der Waals surface area contributed by atoms with Crippen molar-refractivity contribution in [3.63, 3.8) is 0 Å². The Balaban J connectivity index is 1.78. The van der Waals surface area contributed by atoms with Crippen molar-refractivity contribution >= 4 is 29.1 Å². The van der Waals surface area contributed by atoms with Gasteiger partial charge in [-0.1, -0.05) is 66.7 Å². The van der Waals surface area contributed by atoms with Crippen molar-refractivity contribution in [3.8, 4) is 11.4 Å². The fourth-order valence-electron chi connectivity index (χ4n) is 2.65. The van der Waals surface area contributed by atoms with E-state index < -0.39 is 0 Å². The summed E-state index contributed by atoms with van der Waals surface area (Å²) in [6.45, 7) is 3.99. The predicted octanol–water partition coefficient (Wildman–Crippen LogP) is 5.06. The number of hydrogen-bond donors (Lipinski definition) is 0. The van der Waals surface area contributed by atoms with Crippen LogP contribution in [0.2, 0.25) is 5.02 Å². The molecule has 0 aliphatic carbocycles. The van der Waals surface area contributed by atoms with Crippen molar-refractivity contribution in [2.75, 3.05) is 0 Å². The van der Waals surface area contributed by atoms with Crippen LogP contribution in [0.5, 0.6) is 0 Å². The lowest BCUT2D eigenvalue weighted by Crippen LogP contribution is -2.14. The molecule has 6 heteroatoms. The predicted molar refractivity (Wildman–Crippen MR) is 107 cm³/mol. The van der Waals surface area contributed by atoms with E-state index in [2.05, 4.69) is 17.1 Å². The maximum absolute atomic E-state index is 12.7. The molecule has 0 amide bonds. The van der Waals surface area contributed by atoms with E-state index in [1.165, 1.54) is 17.3 Å². The molecule has 0 aliphatic rings. The first-order valence-electron chi connectivity index (χ1n) is 8.45. The fraction of sp³-hybridized carbons (Fsp3) is 0.250. The minimum absolute atomic E-state index is 0.0833. The number of ketones is 1. The summed E-state index contributed by atoms with van der Waals surface area (Å²) < 4.78 is 1.87. The Morgan fingerprint density at radius 2 is 1.85 bits per heavy atom. The number of carbonyl (C=O) groups excluding carboxylic acids is 1. The standard InChI is InChI=1S/C20H20ClN3OS/c1-4-14-9-11-15(12-10-14)18(25)13(2)26-20-23-22-19(24(20)3)16-7-5-6-8-17(16)21/h5-13H,4H2,1-3H3/t13-/m1/s1. The highest BCUT2D eigenvalue weighted by Gasteiger charge is 2.21. The SMILES string of the molecule is CCc1ccc(C(=O)[C@@H](C)Sc2nnc(-c3ccccc3Cl)n2C)cc1. The van der Waals surface area contributed by atoms with Gasteiger partial charge in [-0.15, -0.1) is 10.2 Å². The summed E-state index contributed by atoms with van der Waals surface area (Å²) in [4.78, 5) is 12.7. The number of aromatic nitrogens is 3. The van der Waals surface area contributed by atoms with E-state index in [0.29, 0.717) is 16.0 Å². The van der Waals surface area contributed by atoms with Crippen molar-refractivity contribution in [3.05, 3.63) is 64.7 Å². The molecular weight excluding hydrogens is 366 g/mol. The Hall–Kier alpha value is -2.11. The highest BCUT2D eigenvalue weighted by atomic mass is 35.5. The van der Waals surface area contributed by atoms with Crippen LogP contribution in [0.25, 0.3) is 11.4 Å². The molecule has 1 atom stereocenters. The lowest BCUT2D eigenvalue weighted by molar-refractivity contribution is 0.0994. The van der Waals surface area contributed by atoms with Gasteiger partial charge in [0.25, 0.3) is 0 Å². The number of nitrogens with zero attached hydrogens (tertiary/aromatic N) is 3. The van der Waals surface area contributed by atoms with Crippen LogP contribution in [0.15, 0.2) is 53.7 Å². The third kappa shape index (κ3) is 3.84. The summed E-state index contributed by atoms with van der Waals surface area (Å²) in [6, 6.07) is 15.3. The van der Waals surface area contributed by atoms with Gasteiger partial charge in [-0.25, -0.2) is 0 Å². The van der Waals surface area contributed by atoms with Crippen molar-refractivity contribution in [1.82, 2.24) is 14.8 Å². The quantitative estimate of drug-likeness (QED) is 0.439. The zero-order chi connectivity index (χ0) is 18.7. The van der Waals surface area contributed by atoms with Crippen LogP contribution in [-0.4, -0.2) is 25.8 Å². The molecular formula is C20H20ClN3OS. The van der Waals surface area contributed by atoms with Crippen LogP contribution >= 0.6 is 23.4 Å². The van der Waals surface area contributed by atoms with Crippen molar-refractivity contribution in [2.45, 2.75) is 30.7 Å². The van der Waals surface area contributed by atoms with Crippen LogP contribution in [0.1, 0.15) is 29.8 Å². The van der Waals surface area contributed by atoms with Gasteiger partial charge in [0, 0.05) is 18.2 Å². The van der Waals surface area contributed by atoms with E-state index in [9.17, 15) is 4.79 Å². The number of aryl methyl sites for hydroxylation is 1. The van der Waals surface area contributed by atoms with E-state index in [4.69, 9.17) is 11.6 Å². The highest BCUT2D eigenvalue weighted by molar-refractivity contribution is 8.00. The van der Waals surface area contributed by atoms with E-state index in [0.717, 1.165) is 17.5 Å². The molecule has 0 saturated heterocycles. The summed E-state index contributed by atoms with van der Waals surface area (Å²) in [6.07, 6.45) is 0.961. The molecule has 1 aromatic heterocycles. The van der Waals surface area contributed by atoms with E-state index in [1.807, 2.05) is 67.1 Å². The maximum Gasteiger partial charge on any atom is 0.191 e. The van der Waals surface area contributed by atoms with E-state index >= 15 is 0 Å². The number of benzene rings is 2. The first kappa shape index (κ1) is 18.7. The first-order chi connectivity index (χ1) is 12.5. The lowest BCUT2D eigenvalue weighted by Gasteiger charge is -2.11. The molecule has 0 unspecified atom stereocenters. The van der Waals surface area contributed by atoms with Gasteiger partial charge in [-0.3, -0.25) is 4.79 Å². The zero-order valence-corrected chi connectivity index (χ0v) is 16.5. The molecule has 0 radical (unpaired) electrons. The molecule has 0 aliphatic heterocycles. The molecule has 2 aromatic carbocycles. The molecule has 0 N–H and O–H groups in total. The van der Waals surface area contributed by atoms with Gasteiger partial charge in [0.1, 0.15) is 0 Å². The topological polar surface area (TPSA) is 47.8 Å². The Labute approximate surface area is 162 Å². The largest absolute Gasteiger partial charge is 0.305 e. The summed E-state index contributed by atoms with van der Waals surface area (Å²) >= 11 is 7.66. The molecule has 26 heavy (non-hydrogen) atoms. The third-order valence-corrected chi connectivity index (χ3v) is 5.71. The van der Waals surface area contributed by atoms with Gasteiger partial charge in [0.05, 0.1) is 10.3 Å². The van der Waals surface area contributed by atoms with Crippen molar-refractivity contribution < 1.29 is 4.79 Å². The molecule has 4 nitrogen and oxygen atoms in total. The van der Waals surface area contributed by atoms with Gasteiger partial charge >= 0.3 is 0 Å². The Morgan fingerprint density at radius 1 is 1.15 bits per heavy atom. The lowest BCUT2D eigenvalue weighted by atomic mass is 10.1. The first-order valence-corrected chi connectivity index (χ1v) is 9.71. The second-order valence-electron chi connectivity index (χ2n) is 6.02. The molecule has 0 spiro atoms. The molecule has 0 fully saturated rings. The monoisotopic (exact) mass is 385 g/mol. The van der Waals surface area contributed by atoms with Gasteiger partial charge in [-0.05, 0) is 31.0 Å². The number of halogens is 1. The Kier molecular flexibility index (Phi) is 5.79. The smallest absolute Gasteiger partial charge is 0.191 e. The van der Waals surface area contributed by atoms with Crippen molar-refractivity contribution in [1.29, 1.82) is 0 Å². The van der Waals surface area contributed by atoms with Gasteiger partial charge in [-0.2, -0.15) is 0 Å². The number of carbonyl (C=O) groups is 1. The van der Waals surface area contributed by atoms with E-state index in [-0.39, 0.29) is 11.0 Å². The summed E-state index contributed by atoms with van der Waals surface area (Å²) in [5.41, 5.74) is 2.76. The minimum Gasteiger partial charge on any atom is -0.305 e. The molecule has 134 valence electrons. The number of thioether (sulfide) groups is 1. The van der Waals surface area contributed by atoms with Crippen LogP contribution in [0.4, 0.5) is 0 Å².